The van der Waals surface area contributed by atoms with E-state index in [4.69, 9.17) is 4.74 Å². The lowest BCUT2D eigenvalue weighted by Crippen LogP contribution is -2.30. The summed E-state index contributed by atoms with van der Waals surface area (Å²) in [7, 11) is -1.28. The Morgan fingerprint density at radius 2 is 1.76 bits per heavy atom. The molecule has 0 saturated heterocycles. The molecule has 0 heterocycles. The molecule has 0 aliphatic carbocycles. The van der Waals surface area contributed by atoms with Gasteiger partial charge in [-0.05, 0) is 38.1 Å². The van der Waals surface area contributed by atoms with Crippen LogP contribution in [0.15, 0.2) is 53.4 Å². The van der Waals surface area contributed by atoms with E-state index in [2.05, 4.69) is 5.32 Å². The van der Waals surface area contributed by atoms with E-state index in [9.17, 15) is 13.8 Å². The number of ether oxygens (including phenoxy) is 1. The predicted molar refractivity (Wildman–Crippen MR) is 98.1 cm³/mol. The molecule has 2 rings (SSSR count). The summed E-state index contributed by atoms with van der Waals surface area (Å²) in [6.45, 7) is 5.23. The molecule has 25 heavy (non-hydrogen) atoms. The Morgan fingerprint density at radius 3 is 2.40 bits per heavy atom. The fraction of sp³-hybridized carbons (Fsp3) is 0.263. The number of anilines is 1. The van der Waals surface area contributed by atoms with Crippen LogP contribution in [0, 0.1) is 6.92 Å². The number of hydrogen-bond acceptors (Lipinski definition) is 4. The molecule has 5 nitrogen and oxygen atoms in total. The third-order valence-electron chi connectivity index (χ3n) is 3.59. The van der Waals surface area contributed by atoms with Gasteiger partial charge in [-0.3, -0.25) is 9.00 Å². The van der Waals surface area contributed by atoms with Crippen LogP contribution in [-0.4, -0.2) is 27.9 Å². The Hall–Kier alpha value is -2.47. The van der Waals surface area contributed by atoms with Crippen LogP contribution in [0.5, 0.6) is 0 Å². The molecule has 2 aromatic carbocycles. The van der Waals surface area contributed by atoms with Crippen molar-refractivity contribution in [3.05, 3.63) is 59.7 Å². The molecule has 0 fully saturated rings. The molecule has 0 bridgehead atoms. The largest absolute Gasteiger partial charge is 0.449 e. The quantitative estimate of drug-likeness (QED) is 0.803. The van der Waals surface area contributed by atoms with Gasteiger partial charge in [0, 0.05) is 11.4 Å². The first-order chi connectivity index (χ1) is 11.9. The van der Waals surface area contributed by atoms with Gasteiger partial charge in [0.15, 0.2) is 6.10 Å². The minimum atomic E-state index is -1.28. The standard InChI is InChI=1S/C19H21NO4S/c1-4-25(23)17-8-6-5-7-16(17)19(22)24-14(3)18(21)20-15-11-9-13(2)10-12-15/h5-12,14H,4H2,1-3H3,(H,20,21)/t14-,25+/m1/s1. The number of carbonyl (C=O) groups excluding carboxylic acids is 2. The summed E-state index contributed by atoms with van der Waals surface area (Å²) in [4.78, 5) is 25.0. The molecular formula is C19H21NO4S. The first kappa shape index (κ1) is 18.9. The third kappa shape index (κ3) is 5.00. The molecule has 0 radical (unpaired) electrons. The minimum Gasteiger partial charge on any atom is -0.449 e. The molecule has 0 unspecified atom stereocenters. The monoisotopic (exact) mass is 359 g/mol. The molecule has 0 aliphatic heterocycles. The fourth-order valence-corrected chi connectivity index (χ4v) is 3.09. The van der Waals surface area contributed by atoms with Gasteiger partial charge < -0.3 is 10.1 Å². The normalized spacial score (nSPS) is 12.9. The highest BCUT2D eigenvalue weighted by Crippen LogP contribution is 2.16. The van der Waals surface area contributed by atoms with Gasteiger partial charge in [0.25, 0.3) is 5.91 Å². The second kappa shape index (κ2) is 8.58. The zero-order valence-corrected chi connectivity index (χ0v) is 15.3. The zero-order valence-electron chi connectivity index (χ0n) is 14.4. The lowest BCUT2D eigenvalue weighted by atomic mass is 10.2. The van der Waals surface area contributed by atoms with Gasteiger partial charge >= 0.3 is 5.97 Å². The van der Waals surface area contributed by atoms with Crippen molar-refractivity contribution in [1.29, 1.82) is 0 Å². The first-order valence-corrected chi connectivity index (χ1v) is 9.30. The van der Waals surface area contributed by atoms with Crippen molar-refractivity contribution < 1.29 is 18.5 Å². The summed E-state index contributed by atoms with van der Waals surface area (Å²) in [6, 6.07) is 13.9. The van der Waals surface area contributed by atoms with Crippen LogP contribution in [0.25, 0.3) is 0 Å². The highest BCUT2D eigenvalue weighted by molar-refractivity contribution is 7.85. The molecule has 132 valence electrons. The Labute approximate surface area is 149 Å². The summed E-state index contributed by atoms with van der Waals surface area (Å²) in [5.41, 5.74) is 1.93. The van der Waals surface area contributed by atoms with Crippen molar-refractivity contribution in [3.8, 4) is 0 Å². The van der Waals surface area contributed by atoms with Crippen molar-refractivity contribution in [2.24, 2.45) is 0 Å². The van der Waals surface area contributed by atoms with E-state index in [1.165, 1.54) is 6.92 Å². The van der Waals surface area contributed by atoms with Gasteiger partial charge in [-0.15, -0.1) is 0 Å². The topological polar surface area (TPSA) is 72.5 Å². The van der Waals surface area contributed by atoms with Gasteiger partial charge in [-0.1, -0.05) is 36.8 Å². The number of carbonyl (C=O) groups is 2. The van der Waals surface area contributed by atoms with Gasteiger partial charge in [-0.25, -0.2) is 4.79 Å². The molecule has 2 aromatic rings. The second-order valence-electron chi connectivity index (χ2n) is 5.53. The second-order valence-corrected chi connectivity index (χ2v) is 7.24. The van der Waals surface area contributed by atoms with Crippen molar-refractivity contribution in [3.63, 3.8) is 0 Å². The van der Waals surface area contributed by atoms with Crippen LogP contribution in [0.4, 0.5) is 5.69 Å². The lowest BCUT2D eigenvalue weighted by Gasteiger charge is -2.15. The zero-order chi connectivity index (χ0) is 18.4. The molecule has 0 aliphatic rings. The maximum absolute atomic E-state index is 12.4. The maximum Gasteiger partial charge on any atom is 0.340 e. The smallest absolute Gasteiger partial charge is 0.340 e. The number of esters is 1. The van der Waals surface area contributed by atoms with Crippen LogP contribution in [0.1, 0.15) is 29.8 Å². The van der Waals surface area contributed by atoms with Gasteiger partial charge in [-0.2, -0.15) is 0 Å². The highest BCUT2D eigenvalue weighted by Gasteiger charge is 2.22. The Balaban J connectivity index is 2.06. The van der Waals surface area contributed by atoms with E-state index in [-0.39, 0.29) is 5.56 Å². The van der Waals surface area contributed by atoms with Crippen molar-refractivity contribution in [2.75, 3.05) is 11.1 Å². The highest BCUT2D eigenvalue weighted by atomic mass is 32.2. The average molecular weight is 359 g/mol. The molecule has 0 saturated carbocycles. The number of rotatable bonds is 6. The molecule has 6 heteroatoms. The van der Waals surface area contributed by atoms with E-state index in [0.29, 0.717) is 16.3 Å². The van der Waals surface area contributed by atoms with Gasteiger partial charge in [0.05, 0.1) is 21.3 Å². The van der Waals surface area contributed by atoms with Crippen LogP contribution in [-0.2, 0) is 20.3 Å². The fourth-order valence-electron chi connectivity index (χ4n) is 2.15. The Kier molecular flexibility index (Phi) is 6.47. The van der Waals surface area contributed by atoms with Crippen molar-refractivity contribution in [1.82, 2.24) is 0 Å². The van der Waals surface area contributed by atoms with E-state index in [1.54, 1.807) is 43.3 Å². The van der Waals surface area contributed by atoms with E-state index in [0.717, 1.165) is 5.56 Å². The van der Waals surface area contributed by atoms with Crippen LogP contribution in [0.3, 0.4) is 0 Å². The number of amides is 1. The van der Waals surface area contributed by atoms with E-state index < -0.39 is 28.8 Å². The molecule has 0 spiro atoms. The number of benzene rings is 2. The summed E-state index contributed by atoms with van der Waals surface area (Å²) < 4.78 is 17.3. The van der Waals surface area contributed by atoms with Crippen molar-refractivity contribution in [2.45, 2.75) is 31.8 Å². The van der Waals surface area contributed by atoms with Gasteiger partial charge in [0.1, 0.15) is 0 Å². The first-order valence-electron chi connectivity index (χ1n) is 7.98. The molecule has 1 amide bonds. The molecule has 0 aromatic heterocycles. The summed E-state index contributed by atoms with van der Waals surface area (Å²) in [6.07, 6.45) is -0.975. The number of hydrogen-bond donors (Lipinski definition) is 1. The van der Waals surface area contributed by atoms with Crippen LogP contribution in [0.2, 0.25) is 0 Å². The van der Waals surface area contributed by atoms with Crippen molar-refractivity contribution >= 4 is 28.4 Å². The lowest BCUT2D eigenvalue weighted by molar-refractivity contribution is -0.123. The summed E-state index contributed by atoms with van der Waals surface area (Å²) >= 11 is 0. The Morgan fingerprint density at radius 1 is 1.12 bits per heavy atom. The molecular weight excluding hydrogens is 338 g/mol. The number of nitrogens with one attached hydrogen (secondary N) is 1. The SMILES string of the molecule is CC[S@](=O)c1ccccc1C(=O)O[C@H](C)C(=O)Nc1ccc(C)cc1. The third-order valence-corrected chi connectivity index (χ3v) is 4.96. The van der Waals surface area contributed by atoms with Crippen LogP contribution < -0.4 is 5.32 Å². The average Bonchev–Trinajstić information content (AvgIpc) is 2.62. The Bertz CT molecular complexity index is 786. The molecule has 2 atom stereocenters. The van der Waals surface area contributed by atoms with Crippen LogP contribution >= 0.6 is 0 Å². The maximum atomic E-state index is 12.4. The minimum absolute atomic E-state index is 0.220. The van der Waals surface area contributed by atoms with Gasteiger partial charge in [0.2, 0.25) is 0 Å². The molecule has 1 N–H and O–H groups in total. The summed E-state index contributed by atoms with van der Waals surface area (Å²) in [5, 5.41) is 2.70. The van der Waals surface area contributed by atoms with E-state index >= 15 is 0 Å². The van der Waals surface area contributed by atoms with E-state index in [1.807, 2.05) is 19.1 Å². The predicted octanol–water partition coefficient (Wildman–Crippen LogP) is 3.31. The number of aryl methyl sites for hydroxylation is 1. The summed E-state index contributed by atoms with van der Waals surface area (Å²) in [5.74, 6) is -0.691.